The van der Waals surface area contributed by atoms with Crippen molar-refractivity contribution in [2.75, 3.05) is 6.61 Å². The number of thiazole rings is 1. The van der Waals surface area contributed by atoms with Gasteiger partial charge in [0.2, 0.25) is 0 Å². The van der Waals surface area contributed by atoms with Gasteiger partial charge >= 0.3 is 0 Å². The van der Waals surface area contributed by atoms with Crippen molar-refractivity contribution in [2.45, 2.75) is 65.0 Å². The molecule has 2 heterocycles. The first-order valence-electron chi connectivity index (χ1n) is 11.2. The van der Waals surface area contributed by atoms with Gasteiger partial charge in [-0.05, 0) is 37.0 Å². The highest BCUT2D eigenvalue weighted by molar-refractivity contribution is 7.07. The second kappa shape index (κ2) is 10.4. The molecule has 0 fully saturated rings. The van der Waals surface area contributed by atoms with E-state index in [0.29, 0.717) is 30.7 Å². The Morgan fingerprint density at radius 2 is 2.03 bits per heavy atom. The number of nitrogens with one attached hydrogen (secondary N) is 1. The number of aromatic nitrogens is 3. The first-order chi connectivity index (χ1) is 15.4. The summed E-state index contributed by atoms with van der Waals surface area (Å²) in [6, 6.07) is 5.74. The summed E-state index contributed by atoms with van der Waals surface area (Å²) in [5, 5.41) is 14.6. The molecule has 1 amide bonds. The highest BCUT2D eigenvalue weighted by atomic mass is 32.1. The summed E-state index contributed by atoms with van der Waals surface area (Å²) in [5.41, 5.74) is 3.62. The summed E-state index contributed by atoms with van der Waals surface area (Å²) in [7, 11) is 0. The molecule has 3 rings (SSSR count). The Bertz CT molecular complexity index is 1060. The van der Waals surface area contributed by atoms with Crippen molar-refractivity contribution in [2.24, 2.45) is 5.92 Å². The van der Waals surface area contributed by atoms with Crippen LogP contribution in [0.1, 0.15) is 74.9 Å². The van der Waals surface area contributed by atoms with E-state index < -0.39 is 18.1 Å². The summed E-state index contributed by atoms with van der Waals surface area (Å²) < 4.78 is 2.26. The van der Waals surface area contributed by atoms with Crippen molar-refractivity contribution in [1.82, 2.24) is 19.9 Å². The van der Waals surface area contributed by atoms with Crippen molar-refractivity contribution < 1.29 is 14.7 Å². The van der Waals surface area contributed by atoms with Gasteiger partial charge in [0.15, 0.2) is 0 Å². The minimum atomic E-state index is -1.30. The van der Waals surface area contributed by atoms with Crippen LogP contribution in [-0.4, -0.2) is 44.0 Å². The second-order valence-electron chi connectivity index (χ2n) is 8.31. The lowest BCUT2D eigenvalue weighted by Gasteiger charge is -2.32. The molecule has 1 aromatic carbocycles. The number of aliphatic hydroxyl groups excluding tert-OH is 1. The third-order valence-corrected chi connectivity index (χ3v) is 7.10. The van der Waals surface area contributed by atoms with Gasteiger partial charge in [0.05, 0.1) is 28.8 Å². The van der Waals surface area contributed by atoms with E-state index in [4.69, 9.17) is 4.98 Å². The molecule has 0 saturated carbocycles. The Labute approximate surface area is 192 Å². The molecule has 0 bridgehead atoms. The molecule has 2 unspecified atom stereocenters. The Balaban J connectivity index is 2.01. The molecule has 172 valence electrons. The third kappa shape index (κ3) is 4.61. The fourth-order valence-corrected chi connectivity index (χ4v) is 4.67. The van der Waals surface area contributed by atoms with Crippen molar-refractivity contribution >= 4 is 34.6 Å². The molecule has 7 nitrogen and oxygen atoms in total. The van der Waals surface area contributed by atoms with Crippen LogP contribution in [-0.2, 0) is 11.2 Å². The number of nitrogens with zero attached hydrogens (tertiary/aromatic N) is 3. The zero-order chi connectivity index (χ0) is 23.3. The molecule has 2 aromatic heterocycles. The zero-order valence-electron chi connectivity index (χ0n) is 19.2. The lowest BCUT2D eigenvalue weighted by atomic mass is 9.85. The quantitative estimate of drug-likeness (QED) is 0.423. The molecule has 32 heavy (non-hydrogen) atoms. The van der Waals surface area contributed by atoms with Crippen molar-refractivity contribution in [3.8, 4) is 0 Å². The van der Waals surface area contributed by atoms with Gasteiger partial charge in [-0.1, -0.05) is 34.1 Å². The summed E-state index contributed by atoms with van der Waals surface area (Å²) in [5.74, 6) is 0.331. The molecule has 2 N–H and O–H groups in total. The molecule has 0 aliphatic heterocycles. The van der Waals surface area contributed by atoms with E-state index >= 15 is 0 Å². The van der Waals surface area contributed by atoms with E-state index in [0.717, 1.165) is 35.4 Å². The smallest absolute Gasteiger partial charge is 0.252 e. The maximum absolute atomic E-state index is 13.0. The average Bonchev–Trinajstić information content (AvgIpc) is 3.45. The van der Waals surface area contributed by atoms with Gasteiger partial charge in [-0.2, -0.15) is 0 Å². The fourth-order valence-electron chi connectivity index (χ4n) is 4.11. The van der Waals surface area contributed by atoms with Crippen LogP contribution in [0.25, 0.3) is 11.0 Å². The molecule has 0 radical (unpaired) electrons. The first kappa shape index (κ1) is 24.1. The Morgan fingerprint density at radius 3 is 2.59 bits per heavy atom. The summed E-state index contributed by atoms with van der Waals surface area (Å²) in [6.07, 6.45) is 3.87. The molecular weight excluding hydrogens is 424 g/mol. The molecule has 0 aliphatic carbocycles. The molecule has 8 heteroatoms. The van der Waals surface area contributed by atoms with Gasteiger partial charge in [-0.3, -0.25) is 4.79 Å². The molecule has 0 aliphatic rings. The fraction of sp³-hybridized carbons (Fsp3) is 0.500. The maximum Gasteiger partial charge on any atom is 0.252 e. The normalized spacial score (nSPS) is 14.4. The van der Waals surface area contributed by atoms with Gasteiger partial charge in [0.1, 0.15) is 17.6 Å². The van der Waals surface area contributed by atoms with Crippen molar-refractivity contribution in [1.29, 1.82) is 0 Å². The van der Waals surface area contributed by atoms with Crippen LogP contribution in [0.2, 0.25) is 0 Å². The number of carbonyl (C=O) groups excluding carboxylic acids is 2. The van der Waals surface area contributed by atoms with Gasteiger partial charge in [-0.25, -0.2) is 9.97 Å². The van der Waals surface area contributed by atoms with Crippen LogP contribution in [0, 0.1) is 5.92 Å². The summed E-state index contributed by atoms with van der Waals surface area (Å²) >= 11 is 1.56. The topological polar surface area (TPSA) is 97.1 Å². The number of aliphatic hydroxyl groups is 1. The third-order valence-electron chi connectivity index (χ3n) is 6.47. The minimum absolute atomic E-state index is 0.198. The number of aldehydes is 1. The number of fused-ring (bicyclic) bond motifs is 1. The molecule has 3 aromatic rings. The Kier molecular flexibility index (Phi) is 7.79. The molecule has 2 atom stereocenters. The van der Waals surface area contributed by atoms with Crippen LogP contribution in [0.15, 0.2) is 29.1 Å². The summed E-state index contributed by atoms with van der Waals surface area (Å²) in [6.45, 7) is 7.65. The van der Waals surface area contributed by atoms with Crippen LogP contribution in [0.4, 0.5) is 0 Å². The van der Waals surface area contributed by atoms with Crippen LogP contribution >= 0.6 is 11.3 Å². The van der Waals surface area contributed by atoms with E-state index in [1.54, 1.807) is 23.5 Å². The molecule has 0 saturated heterocycles. The number of imidazole rings is 1. The van der Waals surface area contributed by atoms with Gasteiger partial charge < -0.3 is 19.8 Å². The monoisotopic (exact) mass is 456 g/mol. The van der Waals surface area contributed by atoms with Gasteiger partial charge in [0.25, 0.3) is 5.91 Å². The number of rotatable bonds is 11. The Hall–Kier alpha value is -2.58. The number of carbonyl (C=O) groups is 2. The van der Waals surface area contributed by atoms with Gasteiger partial charge in [0, 0.05) is 23.4 Å². The highest BCUT2D eigenvalue weighted by Crippen LogP contribution is 2.28. The maximum atomic E-state index is 13.0. The molecule has 0 spiro atoms. The van der Waals surface area contributed by atoms with Crippen LogP contribution in [0.5, 0.6) is 0 Å². The van der Waals surface area contributed by atoms with E-state index in [2.05, 4.69) is 28.7 Å². The molecular formula is C24H32N4O3S. The average molecular weight is 457 g/mol. The largest absolute Gasteiger partial charge is 0.393 e. The number of hydrogen-bond donors (Lipinski definition) is 2. The lowest BCUT2D eigenvalue weighted by molar-refractivity contribution is -0.116. The SMILES string of the molecule is CCC(CC)n1c(Cc2cscn2)nc2cc(C(=O)NC(C=O)(CO)C(C)CC)ccc21. The predicted molar refractivity (Wildman–Crippen MR) is 127 cm³/mol. The second-order valence-corrected chi connectivity index (χ2v) is 9.03. The number of amides is 1. The van der Waals surface area contributed by atoms with Gasteiger partial charge in [-0.15, -0.1) is 11.3 Å². The summed E-state index contributed by atoms with van der Waals surface area (Å²) in [4.78, 5) is 34.1. The minimum Gasteiger partial charge on any atom is -0.393 e. The predicted octanol–water partition coefficient (Wildman–Crippen LogP) is 4.15. The van der Waals surface area contributed by atoms with Crippen LogP contribution in [0.3, 0.4) is 0 Å². The van der Waals surface area contributed by atoms with E-state index in [1.807, 2.05) is 30.8 Å². The van der Waals surface area contributed by atoms with Crippen LogP contribution < -0.4 is 5.32 Å². The lowest BCUT2D eigenvalue weighted by Crippen LogP contribution is -2.57. The van der Waals surface area contributed by atoms with E-state index in [-0.39, 0.29) is 5.92 Å². The standard InChI is InChI=1S/C24H32N4O3S/c1-5-16(4)24(13-29,14-30)27-23(31)17-8-9-21-20(10-17)26-22(11-18-12-32-15-25-18)28(21)19(6-2)7-3/h8-10,12-13,15-16,19,30H,5-7,11,14H2,1-4H3,(H,27,31). The van der Waals surface area contributed by atoms with E-state index in [9.17, 15) is 14.7 Å². The first-order valence-corrected chi connectivity index (χ1v) is 12.1. The number of benzene rings is 1. The van der Waals surface area contributed by atoms with E-state index in [1.165, 1.54) is 0 Å². The highest BCUT2D eigenvalue weighted by Gasteiger charge is 2.36. The van der Waals surface area contributed by atoms with Crippen molar-refractivity contribution in [3.05, 3.63) is 46.2 Å². The Morgan fingerprint density at radius 1 is 1.28 bits per heavy atom. The van der Waals surface area contributed by atoms with Crippen molar-refractivity contribution in [3.63, 3.8) is 0 Å². The zero-order valence-corrected chi connectivity index (χ0v) is 20.0. The number of hydrogen-bond acceptors (Lipinski definition) is 6.